The number of anilines is 1. The number of aryl methyl sites for hydroxylation is 1. The predicted molar refractivity (Wildman–Crippen MR) is 150 cm³/mol. The molecule has 0 aliphatic carbocycles. The van der Waals surface area contributed by atoms with Gasteiger partial charge in [-0.1, -0.05) is 36.4 Å². The van der Waals surface area contributed by atoms with Gasteiger partial charge in [-0.15, -0.1) is 11.8 Å². The lowest BCUT2D eigenvalue weighted by Gasteiger charge is -2.21. The highest BCUT2D eigenvalue weighted by molar-refractivity contribution is 7.98. The molecule has 0 spiro atoms. The van der Waals surface area contributed by atoms with Gasteiger partial charge in [-0.3, -0.25) is 4.79 Å². The van der Waals surface area contributed by atoms with Crippen molar-refractivity contribution in [1.29, 1.82) is 0 Å². The fraction of sp³-hybridized carbons (Fsp3) is 0.214. The summed E-state index contributed by atoms with van der Waals surface area (Å²) in [6.07, 6.45) is 2.00. The van der Waals surface area contributed by atoms with Crippen LogP contribution in [0.2, 0.25) is 0 Å². The third-order valence-electron chi connectivity index (χ3n) is 5.43. The second-order valence-corrected chi connectivity index (χ2v) is 12.2. The Kier molecular flexibility index (Phi) is 7.59. The number of carbonyl (C=O) groups is 1. The van der Waals surface area contributed by atoms with E-state index in [1.54, 1.807) is 91.8 Å². The zero-order chi connectivity index (χ0) is 26.8. The molecule has 0 saturated heterocycles. The van der Waals surface area contributed by atoms with E-state index in [9.17, 15) is 13.2 Å². The molecular weight excluding hydrogens is 504 g/mol. The van der Waals surface area contributed by atoms with Gasteiger partial charge in [0.05, 0.1) is 16.3 Å². The number of aromatic nitrogens is 2. The number of nitrogens with one attached hydrogen (secondary N) is 2. The first kappa shape index (κ1) is 26.7. The van der Waals surface area contributed by atoms with Crippen molar-refractivity contribution in [3.8, 4) is 16.8 Å². The summed E-state index contributed by atoms with van der Waals surface area (Å²) < 4.78 is 30.4. The minimum Gasteiger partial charge on any atom is -0.321 e. The Bertz CT molecular complexity index is 1540. The summed E-state index contributed by atoms with van der Waals surface area (Å²) in [5.41, 5.74) is 3.25. The topological polar surface area (TPSA) is 93.1 Å². The van der Waals surface area contributed by atoms with E-state index in [2.05, 4.69) is 15.1 Å². The van der Waals surface area contributed by atoms with Crippen molar-refractivity contribution in [3.05, 3.63) is 90.3 Å². The molecule has 1 amide bonds. The molecule has 4 aromatic rings. The van der Waals surface area contributed by atoms with Crippen LogP contribution in [0.15, 0.2) is 88.7 Å². The number of thioether (sulfide) groups is 1. The van der Waals surface area contributed by atoms with E-state index in [0.29, 0.717) is 16.9 Å². The van der Waals surface area contributed by atoms with Crippen LogP contribution in [-0.4, -0.2) is 35.9 Å². The Balaban J connectivity index is 1.59. The molecule has 0 bridgehead atoms. The largest absolute Gasteiger partial charge is 0.321 e. The maximum Gasteiger partial charge on any atom is 0.274 e. The SMILES string of the molecule is CSc1cccc(-n2nc(C)cc2C(=O)Nc2ccc(-c3ccccc3S(=O)(=O)NC(C)(C)C)cc2)c1. The predicted octanol–water partition coefficient (Wildman–Crippen LogP) is 5.90. The van der Waals surface area contributed by atoms with E-state index >= 15 is 0 Å². The maximum atomic E-state index is 13.2. The van der Waals surface area contributed by atoms with Crippen molar-refractivity contribution < 1.29 is 13.2 Å². The van der Waals surface area contributed by atoms with Gasteiger partial charge in [0.2, 0.25) is 10.0 Å². The smallest absolute Gasteiger partial charge is 0.274 e. The molecule has 3 aromatic carbocycles. The molecule has 4 rings (SSSR count). The fourth-order valence-corrected chi connectivity index (χ4v) is 6.03. The second-order valence-electron chi connectivity index (χ2n) is 9.67. The van der Waals surface area contributed by atoms with E-state index in [1.807, 2.05) is 37.4 Å². The van der Waals surface area contributed by atoms with Crippen molar-refractivity contribution in [1.82, 2.24) is 14.5 Å². The summed E-state index contributed by atoms with van der Waals surface area (Å²) in [5.74, 6) is -0.291. The highest BCUT2D eigenvalue weighted by Crippen LogP contribution is 2.29. The Morgan fingerprint density at radius 3 is 2.32 bits per heavy atom. The first-order valence-electron chi connectivity index (χ1n) is 11.7. The molecule has 7 nitrogen and oxygen atoms in total. The van der Waals surface area contributed by atoms with Crippen molar-refractivity contribution in [3.63, 3.8) is 0 Å². The second kappa shape index (κ2) is 10.5. The molecule has 9 heteroatoms. The van der Waals surface area contributed by atoms with Gasteiger partial charge in [0, 0.05) is 21.7 Å². The van der Waals surface area contributed by atoms with Crippen LogP contribution in [0.4, 0.5) is 5.69 Å². The first-order chi connectivity index (χ1) is 17.5. The standard InChI is InChI=1S/C28H30N4O3S2/c1-19-17-25(32(30-19)22-9-8-10-23(18-22)36-5)27(33)29-21-15-13-20(14-16-21)24-11-6-7-12-26(24)37(34,35)31-28(2,3)4/h6-18,31H,1-5H3,(H,29,33). The Morgan fingerprint density at radius 2 is 1.65 bits per heavy atom. The molecule has 2 N–H and O–H groups in total. The van der Waals surface area contributed by atoms with Crippen LogP contribution in [0, 0.1) is 6.92 Å². The Hall–Kier alpha value is -3.40. The summed E-state index contributed by atoms with van der Waals surface area (Å²) >= 11 is 1.62. The van der Waals surface area contributed by atoms with Gasteiger partial charge < -0.3 is 5.32 Å². The Labute approximate surface area is 222 Å². The lowest BCUT2D eigenvalue weighted by Crippen LogP contribution is -2.40. The van der Waals surface area contributed by atoms with Crippen LogP contribution in [0.25, 0.3) is 16.8 Å². The highest BCUT2D eigenvalue weighted by atomic mass is 32.2. The van der Waals surface area contributed by atoms with Gasteiger partial charge >= 0.3 is 0 Å². The number of carbonyl (C=O) groups excluding carboxylic acids is 1. The van der Waals surface area contributed by atoms with E-state index in [0.717, 1.165) is 21.8 Å². The van der Waals surface area contributed by atoms with Crippen LogP contribution in [0.1, 0.15) is 37.0 Å². The lowest BCUT2D eigenvalue weighted by atomic mass is 10.1. The van der Waals surface area contributed by atoms with Gasteiger partial charge in [0.1, 0.15) is 5.69 Å². The molecule has 0 radical (unpaired) electrons. The summed E-state index contributed by atoms with van der Waals surface area (Å²) in [4.78, 5) is 14.5. The normalized spacial score (nSPS) is 11.9. The number of hydrogen-bond donors (Lipinski definition) is 2. The molecule has 0 unspecified atom stereocenters. The first-order valence-corrected chi connectivity index (χ1v) is 14.4. The Morgan fingerprint density at radius 1 is 0.946 bits per heavy atom. The average molecular weight is 535 g/mol. The van der Waals surface area contributed by atoms with Gasteiger partial charge in [0.25, 0.3) is 5.91 Å². The van der Waals surface area contributed by atoms with Crippen molar-refractivity contribution in [2.45, 2.75) is 43.0 Å². The van der Waals surface area contributed by atoms with E-state index in [-0.39, 0.29) is 10.8 Å². The third-order valence-corrected chi connectivity index (χ3v) is 7.97. The summed E-state index contributed by atoms with van der Waals surface area (Å²) in [6.45, 7) is 7.26. The van der Waals surface area contributed by atoms with Crippen LogP contribution in [-0.2, 0) is 10.0 Å². The van der Waals surface area contributed by atoms with Crippen molar-refractivity contribution in [2.24, 2.45) is 0 Å². The molecular formula is C28H30N4O3S2. The highest BCUT2D eigenvalue weighted by Gasteiger charge is 2.25. The lowest BCUT2D eigenvalue weighted by molar-refractivity contribution is 0.101. The fourth-order valence-electron chi connectivity index (χ4n) is 3.93. The molecule has 0 atom stereocenters. The van der Waals surface area contributed by atoms with Crippen LogP contribution < -0.4 is 10.0 Å². The van der Waals surface area contributed by atoms with Crippen molar-refractivity contribution in [2.75, 3.05) is 11.6 Å². The molecule has 1 heterocycles. The zero-order valence-corrected chi connectivity index (χ0v) is 23.1. The molecule has 192 valence electrons. The average Bonchev–Trinajstić information content (AvgIpc) is 3.25. The molecule has 1 aromatic heterocycles. The van der Waals surface area contributed by atoms with Gasteiger partial charge in [-0.05, 0) is 82.0 Å². The van der Waals surface area contributed by atoms with E-state index in [1.165, 1.54) is 0 Å². The monoisotopic (exact) mass is 534 g/mol. The van der Waals surface area contributed by atoms with E-state index in [4.69, 9.17) is 0 Å². The number of benzene rings is 3. The number of rotatable bonds is 7. The van der Waals surface area contributed by atoms with Gasteiger partial charge in [-0.25, -0.2) is 17.8 Å². The van der Waals surface area contributed by atoms with Crippen LogP contribution in [0.5, 0.6) is 0 Å². The molecule has 0 aliphatic heterocycles. The number of sulfonamides is 1. The molecule has 37 heavy (non-hydrogen) atoms. The summed E-state index contributed by atoms with van der Waals surface area (Å²) in [6, 6.07) is 23.6. The molecule has 0 saturated carbocycles. The van der Waals surface area contributed by atoms with Crippen LogP contribution in [0.3, 0.4) is 0 Å². The van der Waals surface area contributed by atoms with E-state index < -0.39 is 15.6 Å². The summed E-state index contributed by atoms with van der Waals surface area (Å²) in [5, 5.41) is 7.44. The number of amides is 1. The summed E-state index contributed by atoms with van der Waals surface area (Å²) in [7, 11) is -3.73. The van der Waals surface area contributed by atoms with Crippen LogP contribution >= 0.6 is 11.8 Å². The number of hydrogen-bond acceptors (Lipinski definition) is 5. The van der Waals surface area contributed by atoms with Gasteiger partial charge in [0.15, 0.2) is 0 Å². The minimum absolute atomic E-state index is 0.202. The van der Waals surface area contributed by atoms with Gasteiger partial charge in [-0.2, -0.15) is 5.10 Å². The maximum absolute atomic E-state index is 13.2. The zero-order valence-electron chi connectivity index (χ0n) is 21.4. The third kappa shape index (κ3) is 6.30. The quantitative estimate of drug-likeness (QED) is 0.288. The molecule has 0 fully saturated rings. The molecule has 0 aliphatic rings. The van der Waals surface area contributed by atoms with Crippen molar-refractivity contribution >= 4 is 33.4 Å². The minimum atomic E-state index is -3.73. The number of nitrogens with zero attached hydrogens (tertiary/aromatic N) is 2.